The number of rotatable bonds is 4. The lowest BCUT2D eigenvalue weighted by molar-refractivity contribution is -0.137. The standard InChI is InChI=1S/C24H27F4N3O/c1-15(2)13-29-23(32)18-12-16-11-17(24(26,27)28)7-8-20(16)31-10-9-30(14-22(18)31)21-6-4-3-5-19(21)25/h3-8,11,15,18,22H,9-10,12-14H2,1-2H3,(H,29,32)/t18-,22-/m1/s1. The third kappa shape index (κ3) is 4.40. The van der Waals surface area contributed by atoms with Gasteiger partial charge in [0.15, 0.2) is 0 Å². The fourth-order valence-electron chi connectivity index (χ4n) is 4.66. The van der Waals surface area contributed by atoms with Crippen LogP contribution in [0.4, 0.5) is 28.9 Å². The zero-order valence-electron chi connectivity index (χ0n) is 18.1. The third-order valence-electron chi connectivity index (χ3n) is 6.25. The first kappa shape index (κ1) is 22.4. The Morgan fingerprint density at radius 1 is 1.12 bits per heavy atom. The average molecular weight is 449 g/mol. The summed E-state index contributed by atoms with van der Waals surface area (Å²) in [6, 6.07) is 10.0. The molecule has 2 aromatic rings. The van der Waals surface area contributed by atoms with Gasteiger partial charge in [-0.1, -0.05) is 26.0 Å². The maximum absolute atomic E-state index is 14.4. The Hall–Kier alpha value is -2.77. The second kappa shape index (κ2) is 8.64. The normalized spacial score (nSPS) is 20.7. The molecule has 0 aromatic heterocycles. The summed E-state index contributed by atoms with van der Waals surface area (Å²) in [7, 11) is 0. The van der Waals surface area contributed by atoms with E-state index in [2.05, 4.69) is 5.32 Å². The number of alkyl halides is 3. The average Bonchev–Trinajstić information content (AvgIpc) is 2.75. The van der Waals surface area contributed by atoms with E-state index in [4.69, 9.17) is 0 Å². The fourth-order valence-corrected chi connectivity index (χ4v) is 4.66. The number of benzene rings is 2. The Labute approximate surface area is 185 Å². The van der Waals surface area contributed by atoms with Gasteiger partial charge in [0.1, 0.15) is 5.82 Å². The van der Waals surface area contributed by atoms with Crippen LogP contribution in [0.5, 0.6) is 0 Å². The Morgan fingerprint density at radius 3 is 2.56 bits per heavy atom. The minimum Gasteiger partial charge on any atom is -0.365 e. The number of halogens is 4. The van der Waals surface area contributed by atoms with Gasteiger partial charge in [-0.15, -0.1) is 0 Å². The van der Waals surface area contributed by atoms with E-state index in [0.29, 0.717) is 37.4 Å². The first-order valence-corrected chi connectivity index (χ1v) is 10.9. The van der Waals surface area contributed by atoms with Crippen LogP contribution in [0.3, 0.4) is 0 Å². The molecule has 8 heteroatoms. The largest absolute Gasteiger partial charge is 0.416 e. The summed E-state index contributed by atoms with van der Waals surface area (Å²) in [6.07, 6.45) is -4.22. The highest BCUT2D eigenvalue weighted by Gasteiger charge is 2.43. The van der Waals surface area contributed by atoms with Crippen molar-refractivity contribution in [3.8, 4) is 0 Å². The van der Waals surface area contributed by atoms with E-state index in [9.17, 15) is 22.4 Å². The highest BCUT2D eigenvalue weighted by Crippen LogP contribution is 2.40. The number of hydrogen-bond donors (Lipinski definition) is 1. The molecule has 2 heterocycles. The SMILES string of the molecule is CC(C)CNC(=O)[C@@H]1Cc2cc(C(F)(F)F)ccc2N2CCN(c3ccccc3F)C[C@H]12. The Kier molecular flexibility index (Phi) is 6.05. The van der Waals surface area contributed by atoms with Gasteiger partial charge < -0.3 is 15.1 Å². The van der Waals surface area contributed by atoms with Gasteiger partial charge in [0, 0.05) is 31.9 Å². The smallest absolute Gasteiger partial charge is 0.365 e. The van der Waals surface area contributed by atoms with Gasteiger partial charge in [-0.2, -0.15) is 13.2 Å². The van der Waals surface area contributed by atoms with E-state index in [1.165, 1.54) is 12.1 Å². The van der Waals surface area contributed by atoms with Gasteiger partial charge in [-0.3, -0.25) is 4.79 Å². The molecule has 0 spiro atoms. The number of carbonyl (C=O) groups excluding carboxylic acids is 1. The summed E-state index contributed by atoms with van der Waals surface area (Å²) in [4.78, 5) is 17.1. The molecule has 2 aliphatic heterocycles. The summed E-state index contributed by atoms with van der Waals surface area (Å²) < 4.78 is 54.3. The highest BCUT2D eigenvalue weighted by atomic mass is 19.4. The van der Waals surface area contributed by atoms with Gasteiger partial charge in [0.25, 0.3) is 0 Å². The molecule has 0 bridgehead atoms. The van der Waals surface area contributed by atoms with Crippen molar-refractivity contribution in [2.45, 2.75) is 32.5 Å². The van der Waals surface area contributed by atoms with E-state index in [-0.39, 0.29) is 30.1 Å². The minimum absolute atomic E-state index is 0.174. The van der Waals surface area contributed by atoms with Crippen molar-refractivity contribution < 1.29 is 22.4 Å². The van der Waals surface area contributed by atoms with E-state index >= 15 is 0 Å². The minimum atomic E-state index is -4.44. The number of para-hydroxylation sites is 1. The Bertz CT molecular complexity index is 991. The lowest BCUT2D eigenvalue weighted by Gasteiger charge is -2.49. The van der Waals surface area contributed by atoms with Crippen LogP contribution in [0.1, 0.15) is 25.0 Å². The van der Waals surface area contributed by atoms with Crippen molar-refractivity contribution >= 4 is 17.3 Å². The molecule has 32 heavy (non-hydrogen) atoms. The monoisotopic (exact) mass is 449 g/mol. The molecule has 1 amide bonds. The molecule has 1 N–H and O–H groups in total. The van der Waals surface area contributed by atoms with Crippen LogP contribution in [0.2, 0.25) is 0 Å². The zero-order chi connectivity index (χ0) is 23.0. The second-order valence-electron chi connectivity index (χ2n) is 8.95. The molecule has 0 unspecified atom stereocenters. The lowest BCUT2D eigenvalue weighted by atomic mass is 9.82. The van der Waals surface area contributed by atoms with Gasteiger partial charge in [0.2, 0.25) is 5.91 Å². The number of carbonyl (C=O) groups is 1. The topological polar surface area (TPSA) is 35.6 Å². The van der Waals surface area contributed by atoms with Crippen LogP contribution in [0, 0.1) is 17.7 Å². The molecule has 2 atom stereocenters. The van der Waals surface area contributed by atoms with Gasteiger partial charge in [0.05, 0.1) is 23.2 Å². The summed E-state index contributed by atoms with van der Waals surface area (Å²) in [6.45, 7) is 5.89. The van der Waals surface area contributed by atoms with Crippen LogP contribution in [-0.2, 0) is 17.4 Å². The number of amides is 1. The number of fused-ring (bicyclic) bond motifs is 3. The zero-order valence-corrected chi connectivity index (χ0v) is 18.1. The number of anilines is 2. The number of hydrogen-bond acceptors (Lipinski definition) is 3. The first-order valence-electron chi connectivity index (χ1n) is 10.9. The highest BCUT2D eigenvalue weighted by molar-refractivity contribution is 5.82. The first-order chi connectivity index (χ1) is 15.1. The predicted octanol–water partition coefficient (Wildman–Crippen LogP) is 4.48. The molecule has 0 radical (unpaired) electrons. The van der Waals surface area contributed by atoms with Crippen molar-refractivity contribution in [2.24, 2.45) is 11.8 Å². The number of nitrogens with one attached hydrogen (secondary N) is 1. The van der Waals surface area contributed by atoms with Crippen LogP contribution in [0.25, 0.3) is 0 Å². The molecule has 172 valence electrons. The second-order valence-corrected chi connectivity index (χ2v) is 8.95. The molecule has 0 aliphatic carbocycles. The van der Waals surface area contributed by atoms with Crippen molar-refractivity contribution in [1.29, 1.82) is 0 Å². The Balaban J connectivity index is 1.68. The summed E-state index contributed by atoms with van der Waals surface area (Å²) in [5.74, 6) is -0.775. The summed E-state index contributed by atoms with van der Waals surface area (Å²) in [5, 5.41) is 2.95. The van der Waals surface area contributed by atoms with Gasteiger partial charge in [-0.05, 0) is 48.2 Å². The van der Waals surface area contributed by atoms with Crippen molar-refractivity contribution in [3.63, 3.8) is 0 Å². The molecule has 2 aromatic carbocycles. The molecular weight excluding hydrogens is 422 g/mol. The molecule has 4 rings (SSSR count). The molecular formula is C24H27F4N3O. The van der Waals surface area contributed by atoms with E-state index < -0.39 is 17.7 Å². The van der Waals surface area contributed by atoms with Crippen LogP contribution in [0.15, 0.2) is 42.5 Å². The van der Waals surface area contributed by atoms with Crippen LogP contribution < -0.4 is 15.1 Å². The molecule has 1 fully saturated rings. The third-order valence-corrected chi connectivity index (χ3v) is 6.25. The van der Waals surface area contributed by atoms with E-state index in [0.717, 1.165) is 17.8 Å². The lowest BCUT2D eigenvalue weighted by Crippen LogP contribution is -2.61. The van der Waals surface area contributed by atoms with Crippen LogP contribution >= 0.6 is 0 Å². The molecule has 1 saturated heterocycles. The predicted molar refractivity (Wildman–Crippen MR) is 116 cm³/mol. The van der Waals surface area contributed by atoms with Gasteiger partial charge >= 0.3 is 6.18 Å². The Morgan fingerprint density at radius 2 is 1.88 bits per heavy atom. The summed E-state index contributed by atoms with van der Waals surface area (Å²) in [5.41, 5.74) is 1.02. The fraction of sp³-hybridized carbons (Fsp3) is 0.458. The molecule has 4 nitrogen and oxygen atoms in total. The number of piperazine rings is 1. The van der Waals surface area contributed by atoms with Crippen molar-refractivity contribution in [2.75, 3.05) is 36.0 Å². The quantitative estimate of drug-likeness (QED) is 0.699. The van der Waals surface area contributed by atoms with Crippen LogP contribution in [-0.4, -0.2) is 38.1 Å². The molecule has 0 saturated carbocycles. The number of nitrogens with zero attached hydrogens (tertiary/aromatic N) is 2. The summed E-state index contributed by atoms with van der Waals surface area (Å²) >= 11 is 0. The van der Waals surface area contributed by atoms with E-state index in [1.807, 2.05) is 23.6 Å². The molecule has 2 aliphatic rings. The maximum Gasteiger partial charge on any atom is 0.416 e. The van der Waals surface area contributed by atoms with Crippen molar-refractivity contribution in [3.05, 3.63) is 59.4 Å². The van der Waals surface area contributed by atoms with E-state index in [1.54, 1.807) is 18.2 Å². The van der Waals surface area contributed by atoms with Gasteiger partial charge in [-0.25, -0.2) is 4.39 Å². The van der Waals surface area contributed by atoms with Crippen molar-refractivity contribution in [1.82, 2.24) is 5.32 Å². The maximum atomic E-state index is 14.4.